The molecule has 0 aliphatic carbocycles. The minimum atomic E-state index is 1.19. The van der Waals surface area contributed by atoms with Crippen molar-refractivity contribution in [3.8, 4) is 0 Å². The molecule has 0 fully saturated rings. The molecule has 0 aliphatic rings. The predicted octanol–water partition coefficient (Wildman–Crippen LogP) is 3.07. The van der Waals surface area contributed by atoms with E-state index in [4.69, 9.17) is 0 Å². The van der Waals surface area contributed by atoms with Gasteiger partial charge in [-0.25, -0.2) is 0 Å². The molecule has 0 amide bonds. The Morgan fingerprint density at radius 1 is 1.00 bits per heavy atom. The molecule has 0 atom stereocenters. The molecule has 0 saturated carbocycles. The first-order valence-corrected chi connectivity index (χ1v) is 5.03. The van der Waals surface area contributed by atoms with Crippen molar-refractivity contribution in [1.29, 1.82) is 0 Å². The topological polar surface area (TPSA) is 3.24 Å². The van der Waals surface area contributed by atoms with Crippen molar-refractivity contribution in [2.24, 2.45) is 0 Å². The summed E-state index contributed by atoms with van der Waals surface area (Å²) in [5.41, 5.74) is 0. The zero-order chi connectivity index (χ0) is 9.23. The molecule has 0 aromatic carbocycles. The molecule has 0 N–H and O–H groups in total. The molecule has 72 valence electrons. The predicted molar refractivity (Wildman–Crippen MR) is 56.5 cm³/mol. The molecule has 0 unspecified atom stereocenters. The molecular formula is C11H23N. The lowest BCUT2D eigenvalue weighted by Gasteiger charge is -2.08. The minimum Gasteiger partial charge on any atom is -0.309 e. The van der Waals surface area contributed by atoms with Gasteiger partial charge in [0.1, 0.15) is 0 Å². The third-order valence-electron chi connectivity index (χ3n) is 2.01. The first-order chi connectivity index (χ1) is 5.77. The Morgan fingerprint density at radius 3 is 2.17 bits per heavy atom. The third kappa shape index (κ3) is 9.70. The van der Waals surface area contributed by atoms with Gasteiger partial charge in [-0.3, -0.25) is 0 Å². The number of unbranched alkanes of at least 4 members (excludes halogenated alkanes) is 5. The van der Waals surface area contributed by atoms with Crippen molar-refractivity contribution >= 4 is 0 Å². The van der Waals surface area contributed by atoms with Crippen LogP contribution in [0, 0.1) is 0 Å². The molecule has 0 aromatic heterocycles. The van der Waals surface area contributed by atoms with E-state index in [0.29, 0.717) is 0 Å². The maximum Gasteiger partial charge on any atom is -0.00248 e. The van der Waals surface area contributed by atoms with Gasteiger partial charge in [-0.2, -0.15) is 0 Å². The van der Waals surface area contributed by atoms with Crippen LogP contribution >= 0.6 is 0 Å². The molecule has 0 bridgehead atoms. The first-order valence-electron chi connectivity index (χ1n) is 5.03. The molecule has 0 rings (SSSR count). The maximum absolute atomic E-state index is 3.71. The summed E-state index contributed by atoms with van der Waals surface area (Å²) in [4.78, 5) is 2.25. The normalized spacial score (nSPS) is 10.6. The van der Waals surface area contributed by atoms with Gasteiger partial charge in [0.15, 0.2) is 0 Å². The highest BCUT2D eigenvalue weighted by atomic mass is 15.0. The fraction of sp³-hybridized carbons (Fsp3) is 0.818. The first kappa shape index (κ1) is 11.7. The number of nitrogens with zero attached hydrogens (tertiary/aromatic N) is 1. The Kier molecular flexibility index (Phi) is 8.57. The van der Waals surface area contributed by atoms with Crippen molar-refractivity contribution in [3.05, 3.63) is 12.7 Å². The lowest BCUT2D eigenvalue weighted by Crippen LogP contribution is -2.12. The quantitative estimate of drug-likeness (QED) is 0.399. The SMILES string of the molecule is C=CCCCCCCCN(C)C. The van der Waals surface area contributed by atoms with Crippen LogP contribution in [0.15, 0.2) is 12.7 Å². The van der Waals surface area contributed by atoms with Crippen LogP contribution in [0.25, 0.3) is 0 Å². The van der Waals surface area contributed by atoms with Crippen LogP contribution in [0.5, 0.6) is 0 Å². The van der Waals surface area contributed by atoms with E-state index in [1.807, 2.05) is 6.08 Å². The van der Waals surface area contributed by atoms with Crippen molar-refractivity contribution in [3.63, 3.8) is 0 Å². The summed E-state index contributed by atoms with van der Waals surface area (Å²) in [6, 6.07) is 0. The molecule has 0 heterocycles. The second-order valence-electron chi connectivity index (χ2n) is 3.65. The summed E-state index contributed by atoms with van der Waals surface area (Å²) in [6.07, 6.45) is 10.0. The molecular weight excluding hydrogens is 146 g/mol. The number of allylic oxidation sites excluding steroid dienone is 1. The van der Waals surface area contributed by atoms with Crippen LogP contribution < -0.4 is 0 Å². The largest absolute Gasteiger partial charge is 0.309 e. The van der Waals surface area contributed by atoms with Gasteiger partial charge < -0.3 is 4.90 Å². The minimum absolute atomic E-state index is 1.19. The lowest BCUT2D eigenvalue weighted by atomic mass is 10.1. The van der Waals surface area contributed by atoms with Crippen LogP contribution in [-0.4, -0.2) is 25.5 Å². The van der Waals surface area contributed by atoms with Crippen LogP contribution in [0.4, 0.5) is 0 Å². The van der Waals surface area contributed by atoms with Crippen LogP contribution in [0.2, 0.25) is 0 Å². The smallest absolute Gasteiger partial charge is 0.00248 e. The summed E-state index contributed by atoms with van der Waals surface area (Å²) in [6.45, 7) is 4.95. The van der Waals surface area contributed by atoms with Gasteiger partial charge in [-0.15, -0.1) is 6.58 Å². The van der Waals surface area contributed by atoms with E-state index in [-0.39, 0.29) is 0 Å². The highest BCUT2D eigenvalue weighted by molar-refractivity contribution is 4.65. The van der Waals surface area contributed by atoms with E-state index in [9.17, 15) is 0 Å². The summed E-state index contributed by atoms with van der Waals surface area (Å²) in [5, 5.41) is 0. The van der Waals surface area contributed by atoms with E-state index in [0.717, 1.165) is 0 Å². The Labute approximate surface area is 77.5 Å². The summed E-state index contributed by atoms with van der Waals surface area (Å²) in [7, 11) is 4.27. The number of hydrogen-bond donors (Lipinski definition) is 0. The maximum atomic E-state index is 3.71. The lowest BCUT2D eigenvalue weighted by molar-refractivity contribution is 0.390. The van der Waals surface area contributed by atoms with Crippen molar-refractivity contribution < 1.29 is 0 Å². The standard InChI is InChI=1S/C11H23N/c1-4-5-6-7-8-9-10-11-12(2)3/h4H,1,5-11H2,2-3H3. The number of hydrogen-bond acceptors (Lipinski definition) is 1. The van der Waals surface area contributed by atoms with Crippen molar-refractivity contribution in [2.75, 3.05) is 20.6 Å². The Bertz CT molecular complexity index is 97.2. The Balaban J connectivity index is 2.86. The average Bonchev–Trinajstić information content (AvgIpc) is 2.02. The highest BCUT2D eigenvalue weighted by Gasteiger charge is 1.91. The van der Waals surface area contributed by atoms with Gasteiger partial charge in [0.25, 0.3) is 0 Å². The zero-order valence-electron chi connectivity index (χ0n) is 8.68. The third-order valence-corrected chi connectivity index (χ3v) is 2.01. The molecule has 12 heavy (non-hydrogen) atoms. The van der Waals surface area contributed by atoms with E-state index in [1.165, 1.54) is 45.1 Å². The monoisotopic (exact) mass is 169 g/mol. The van der Waals surface area contributed by atoms with E-state index < -0.39 is 0 Å². The van der Waals surface area contributed by atoms with Gasteiger partial charge in [-0.05, 0) is 39.9 Å². The van der Waals surface area contributed by atoms with E-state index >= 15 is 0 Å². The van der Waals surface area contributed by atoms with Crippen molar-refractivity contribution in [1.82, 2.24) is 4.90 Å². The fourth-order valence-electron chi connectivity index (χ4n) is 1.25. The molecule has 0 aromatic rings. The Morgan fingerprint density at radius 2 is 1.58 bits per heavy atom. The molecule has 0 saturated heterocycles. The fourth-order valence-corrected chi connectivity index (χ4v) is 1.25. The molecule has 0 spiro atoms. The molecule has 1 heteroatoms. The molecule has 1 nitrogen and oxygen atoms in total. The second kappa shape index (κ2) is 8.79. The highest BCUT2D eigenvalue weighted by Crippen LogP contribution is 2.05. The second-order valence-corrected chi connectivity index (χ2v) is 3.65. The van der Waals surface area contributed by atoms with Gasteiger partial charge in [-0.1, -0.05) is 25.3 Å². The van der Waals surface area contributed by atoms with E-state index in [2.05, 4.69) is 25.6 Å². The summed E-state index contributed by atoms with van der Waals surface area (Å²) in [5.74, 6) is 0. The van der Waals surface area contributed by atoms with Gasteiger partial charge in [0, 0.05) is 0 Å². The van der Waals surface area contributed by atoms with E-state index in [1.54, 1.807) is 0 Å². The van der Waals surface area contributed by atoms with Gasteiger partial charge in [0.05, 0.1) is 0 Å². The summed E-state index contributed by atoms with van der Waals surface area (Å²) < 4.78 is 0. The van der Waals surface area contributed by atoms with Crippen molar-refractivity contribution in [2.45, 2.75) is 38.5 Å². The van der Waals surface area contributed by atoms with Crippen LogP contribution in [0.1, 0.15) is 38.5 Å². The number of rotatable bonds is 8. The average molecular weight is 169 g/mol. The zero-order valence-corrected chi connectivity index (χ0v) is 8.68. The van der Waals surface area contributed by atoms with Gasteiger partial charge in [0.2, 0.25) is 0 Å². The van der Waals surface area contributed by atoms with Crippen LogP contribution in [0.3, 0.4) is 0 Å². The Hall–Kier alpha value is -0.300. The molecule has 0 aliphatic heterocycles. The van der Waals surface area contributed by atoms with Crippen LogP contribution in [-0.2, 0) is 0 Å². The molecule has 0 radical (unpaired) electrons. The van der Waals surface area contributed by atoms with Gasteiger partial charge >= 0.3 is 0 Å². The summed E-state index contributed by atoms with van der Waals surface area (Å²) >= 11 is 0.